The van der Waals surface area contributed by atoms with Crippen molar-refractivity contribution in [2.45, 2.75) is 26.2 Å². The first-order chi connectivity index (χ1) is 12.1. The zero-order chi connectivity index (χ0) is 17.8. The summed E-state index contributed by atoms with van der Waals surface area (Å²) in [6.07, 6.45) is 6.14. The molecule has 0 fully saturated rings. The Hall–Kier alpha value is -2.95. The summed E-state index contributed by atoms with van der Waals surface area (Å²) in [6, 6.07) is 10.1. The molecule has 0 saturated heterocycles. The Labute approximate surface area is 147 Å². The van der Waals surface area contributed by atoms with Gasteiger partial charge in [0.15, 0.2) is 0 Å². The molecule has 0 spiro atoms. The van der Waals surface area contributed by atoms with Gasteiger partial charge in [0.1, 0.15) is 5.69 Å². The summed E-state index contributed by atoms with van der Waals surface area (Å²) in [5, 5.41) is 2.59. The van der Waals surface area contributed by atoms with Crippen LogP contribution in [-0.2, 0) is 6.42 Å². The number of hydrogen-bond donors (Lipinski definition) is 2. The van der Waals surface area contributed by atoms with Crippen molar-refractivity contribution in [1.82, 2.24) is 20.3 Å². The van der Waals surface area contributed by atoms with Crippen LogP contribution in [0.4, 0.5) is 0 Å². The van der Waals surface area contributed by atoms with Gasteiger partial charge in [0.2, 0.25) is 0 Å². The number of benzene rings is 1. The third-order valence-corrected chi connectivity index (χ3v) is 4.64. The van der Waals surface area contributed by atoms with Crippen LogP contribution in [-0.4, -0.2) is 27.9 Å². The van der Waals surface area contributed by atoms with E-state index in [4.69, 9.17) is 0 Å². The number of H-pyrrole nitrogens is 1. The standard InChI is InChI=1S/C20H22N4O/c1-13-5-4-6-16(14(13)2)17(19-11-22-12-24-19)9-15-7-8-18(23-10-15)20(25)21-3/h4-8,10-12,17H,9H2,1-3H3,(H,21,25)(H,22,24). The molecule has 0 bridgehead atoms. The largest absolute Gasteiger partial charge is 0.354 e. The Bertz CT molecular complexity index is 854. The number of amides is 1. The average molecular weight is 334 g/mol. The second kappa shape index (κ2) is 7.30. The SMILES string of the molecule is CNC(=O)c1ccc(CC(c2cnc[nH]2)c2cccc(C)c2C)cn1. The van der Waals surface area contributed by atoms with Gasteiger partial charge in [-0.05, 0) is 48.6 Å². The van der Waals surface area contributed by atoms with Gasteiger partial charge >= 0.3 is 0 Å². The number of nitrogens with zero attached hydrogens (tertiary/aromatic N) is 2. The number of aryl methyl sites for hydroxylation is 1. The molecule has 2 N–H and O–H groups in total. The quantitative estimate of drug-likeness (QED) is 0.753. The minimum atomic E-state index is -0.175. The molecule has 0 radical (unpaired) electrons. The van der Waals surface area contributed by atoms with E-state index in [9.17, 15) is 4.79 Å². The number of pyridine rings is 1. The highest BCUT2D eigenvalue weighted by atomic mass is 16.1. The van der Waals surface area contributed by atoms with Crippen LogP contribution >= 0.6 is 0 Å². The molecule has 1 amide bonds. The molecule has 2 heterocycles. The van der Waals surface area contributed by atoms with E-state index in [1.165, 1.54) is 16.7 Å². The van der Waals surface area contributed by atoms with Crippen molar-refractivity contribution < 1.29 is 4.79 Å². The van der Waals surface area contributed by atoms with Gasteiger partial charge in [0, 0.05) is 31.1 Å². The van der Waals surface area contributed by atoms with Crippen molar-refractivity contribution >= 4 is 5.91 Å². The number of aromatic nitrogens is 3. The summed E-state index contributed by atoms with van der Waals surface area (Å²) >= 11 is 0. The van der Waals surface area contributed by atoms with Gasteiger partial charge < -0.3 is 10.3 Å². The molecule has 1 unspecified atom stereocenters. The van der Waals surface area contributed by atoms with E-state index in [1.54, 1.807) is 25.6 Å². The van der Waals surface area contributed by atoms with Crippen molar-refractivity contribution in [3.8, 4) is 0 Å². The third-order valence-electron chi connectivity index (χ3n) is 4.64. The molecule has 128 valence electrons. The fourth-order valence-corrected chi connectivity index (χ4v) is 3.04. The predicted octanol–water partition coefficient (Wildman–Crippen LogP) is 3.16. The minimum Gasteiger partial charge on any atom is -0.354 e. The van der Waals surface area contributed by atoms with E-state index in [-0.39, 0.29) is 11.8 Å². The molecule has 0 saturated carbocycles. The van der Waals surface area contributed by atoms with E-state index >= 15 is 0 Å². The van der Waals surface area contributed by atoms with Crippen LogP contribution in [0.25, 0.3) is 0 Å². The number of hydrogen-bond acceptors (Lipinski definition) is 3. The van der Waals surface area contributed by atoms with E-state index in [0.29, 0.717) is 5.69 Å². The molecule has 3 rings (SSSR count). The molecule has 0 aliphatic heterocycles. The Balaban J connectivity index is 1.94. The number of carbonyl (C=O) groups is 1. The molecule has 3 aromatic rings. The Morgan fingerprint density at radius 3 is 2.68 bits per heavy atom. The van der Waals surface area contributed by atoms with E-state index < -0.39 is 0 Å². The summed E-state index contributed by atoms with van der Waals surface area (Å²) in [4.78, 5) is 23.4. The lowest BCUT2D eigenvalue weighted by atomic mass is 9.86. The Morgan fingerprint density at radius 2 is 2.04 bits per heavy atom. The van der Waals surface area contributed by atoms with Crippen molar-refractivity contribution in [3.63, 3.8) is 0 Å². The molecule has 5 nitrogen and oxygen atoms in total. The summed E-state index contributed by atoms with van der Waals surface area (Å²) in [6.45, 7) is 4.28. The van der Waals surface area contributed by atoms with Gasteiger partial charge in [-0.1, -0.05) is 24.3 Å². The summed E-state index contributed by atoms with van der Waals surface area (Å²) in [5.74, 6) is -0.0127. The zero-order valence-electron chi connectivity index (χ0n) is 14.7. The highest BCUT2D eigenvalue weighted by molar-refractivity contribution is 5.91. The third kappa shape index (κ3) is 3.60. The molecule has 25 heavy (non-hydrogen) atoms. The molecule has 2 aromatic heterocycles. The first kappa shape index (κ1) is 16.9. The lowest BCUT2D eigenvalue weighted by Crippen LogP contribution is -2.19. The van der Waals surface area contributed by atoms with Crippen LogP contribution in [0.3, 0.4) is 0 Å². The molecule has 5 heteroatoms. The highest BCUT2D eigenvalue weighted by Crippen LogP contribution is 2.30. The highest BCUT2D eigenvalue weighted by Gasteiger charge is 2.19. The van der Waals surface area contributed by atoms with E-state index in [1.807, 2.05) is 12.3 Å². The van der Waals surface area contributed by atoms with E-state index in [0.717, 1.165) is 17.7 Å². The summed E-state index contributed by atoms with van der Waals surface area (Å²) < 4.78 is 0. The molecular formula is C20H22N4O. The lowest BCUT2D eigenvalue weighted by molar-refractivity contribution is 0.0958. The topological polar surface area (TPSA) is 70.7 Å². The van der Waals surface area contributed by atoms with Crippen molar-refractivity contribution in [3.05, 3.63) is 82.7 Å². The van der Waals surface area contributed by atoms with Crippen LogP contribution < -0.4 is 5.32 Å². The van der Waals surface area contributed by atoms with Crippen molar-refractivity contribution in [2.24, 2.45) is 0 Å². The van der Waals surface area contributed by atoms with Gasteiger partial charge in [-0.25, -0.2) is 4.98 Å². The smallest absolute Gasteiger partial charge is 0.269 e. The maximum atomic E-state index is 11.7. The molecule has 0 aliphatic rings. The molecule has 1 aromatic carbocycles. The average Bonchev–Trinajstić information content (AvgIpc) is 3.16. The van der Waals surface area contributed by atoms with Gasteiger partial charge in [-0.2, -0.15) is 0 Å². The first-order valence-electron chi connectivity index (χ1n) is 8.31. The van der Waals surface area contributed by atoms with Crippen LogP contribution in [0.5, 0.6) is 0 Å². The number of aromatic amines is 1. The summed E-state index contributed by atoms with van der Waals surface area (Å²) in [5.41, 5.74) is 6.42. The van der Waals surface area contributed by atoms with Gasteiger partial charge in [-0.15, -0.1) is 0 Å². The summed E-state index contributed by atoms with van der Waals surface area (Å²) in [7, 11) is 1.60. The maximum absolute atomic E-state index is 11.7. The number of imidazole rings is 1. The predicted molar refractivity (Wildman–Crippen MR) is 97.7 cm³/mol. The van der Waals surface area contributed by atoms with Crippen LogP contribution in [0.15, 0.2) is 49.1 Å². The number of carbonyl (C=O) groups excluding carboxylic acids is 1. The van der Waals surface area contributed by atoms with Crippen molar-refractivity contribution in [1.29, 1.82) is 0 Å². The second-order valence-electron chi connectivity index (χ2n) is 6.18. The first-order valence-corrected chi connectivity index (χ1v) is 8.31. The van der Waals surface area contributed by atoms with Crippen LogP contribution in [0, 0.1) is 13.8 Å². The lowest BCUT2D eigenvalue weighted by Gasteiger charge is -2.19. The van der Waals surface area contributed by atoms with Crippen molar-refractivity contribution in [2.75, 3.05) is 7.05 Å². The minimum absolute atomic E-state index is 0.162. The van der Waals surface area contributed by atoms with Gasteiger partial charge in [0.25, 0.3) is 5.91 Å². The number of nitrogens with one attached hydrogen (secondary N) is 2. The Morgan fingerprint density at radius 1 is 1.20 bits per heavy atom. The van der Waals surface area contributed by atoms with Gasteiger partial charge in [0.05, 0.1) is 6.33 Å². The Kier molecular flexibility index (Phi) is 4.93. The maximum Gasteiger partial charge on any atom is 0.269 e. The van der Waals surface area contributed by atoms with Gasteiger partial charge in [-0.3, -0.25) is 9.78 Å². The number of rotatable bonds is 5. The fourth-order valence-electron chi connectivity index (χ4n) is 3.04. The fraction of sp³-hybridized carbons (Fsp3) is 0.250. The normalized spacial score (nSPS) is 12.0. The molecule has 0 aliphatic carbocycles. The second-order valence-corrected chi connectivity index (χ2v) is 6.18. The van der Waals surface area contributed by atoms with Crippen LogP contribution in [0.1, 0.15) is 44.4 Å². The van der Waals surface area contributed by atoms with E-state index in [2.05, 4.69) is 52.3 Å². The van der Waals surface area contributed by atoms with Crippen LogP contribution in [0.2, 0.25) is 0 Å². The zero-order valence-corrected chi connectivity index (χ0v) is 14.7. The molecule has 1 atom stereocenters. The molecular weight excluding hydrogens is 312 g/mol. The monoisotopic (exact) mass is 334 g/mol.